The number of piperidine rings is 1. The van der Waals surface area contributed by atoms with E-state index in [1.807, 2.05) is 6.92 Å². The Morgan fingerprint density at radius 1 is 1.27 bits per heavy atom. The van der Waals surface area contributed by atoms with Gasteiger partial charge in [0.1, 0.15) is 0 Å². The Hall–Kier alpha value is -0.0900. The first-order chi connectivity index (χ1) is 7.11. The fraction of sp³-hybridized carbons (Fsp3) is 1.00. The molecule has 1 aliphatic heterocycles. The molecule has 0 amide bonds. The number of hydrogen-bond acceptors (Lipinski definition) is 2. The average Bonchev–Trinajstić information content (AvgIpc) is 2.26. The minimum atomic E-state index is -2.97. The lowest BCUT2D eigenvalue weighted by Gasteiger charge is -2.34. The standard InChI is InChI=1S/C11H23NO2S/c1-3-5-10-15(13,14)12-9-7-6-8-11(12)4-2/h11H,3-10H2,1-2H3. The molecule has 4 heteroatoms. The first-order valence-electron chi connectivity index (χ1n) is 6.11. The summed E-state index contributed by atoms with van der Waals surface area (Å²) in [5.41, 5.74) is 0. The van der Waals surface area contributed by atoms with Crippen LogP contribution in [0.3, 0.4) is 0 Å². The van der Waals surface area contributed by atoms with E-state index < -0.39 is 10.0 Å². The molecule has 1 atom stereocenters. The number of hydrogen-bond donors (Lipinski definition) is 0. The lowest BCUT2D eigenvalue weighted by molar-refractivity contribution is 0.246. The van der Waals surface area contributed by atoms with Crippen LogP contribution in [0.25, 0.3) is 0 Å². The zero-order valence-corrected chi connectivity index (χ0v) is 10.7. The normalized spacial score (nSPS) is 24.3. The van der Waals surface area contributed by atoms with E-state index in [-0.39, 0.29) is 6.04 Å². The van der Waals surface area contributed by atoms with Gasteiger partial charge in [0.2, 0.25) is 10.0 Å². The molecule has 0 bridgehead atoms. The molecular weight excluding hydrogens is 210 g/mol. The third-order valence-electron chi connectivity index (χ3n) is 3.16. The minimum absolute atomic E-state index is 0.264. The molecule has 1 saturated heterocycles. The molecule has 1 aliphatic rings. The molecule has 1 unspecified atom stereocenters. The lowest BCUT2D eigenvalue weighted by atomic mass is 10.0. The van der Waals surface area contributed by atoms with Crippen LogP contribution >= 0.6 is 0 Å². The molecule has 1 heterocycles. The molecule has 1 fully saturated rings. The number of nitrogens with zero attached hydrogens (tertiary/aromatic N) is 1. The summed E-state index contributed by atoms with van der Waals surface area (Å²) in [6.45, 7) is 4.85. The van der Waals surface area contributed by atoms with Crippen molar-refractivity contribution in [1.29, 1.82) is 0 Å². The highest BCUT2D eigenvalue weighted by Crippen LogP contribution is 2.23. The third kappa shape index (κ3) is 3.45. The largest absolute Gasteiger partial charge is 0.214 e. The first-order valence-corrected chi connectivity index (χ1v) is 7.72. The van der Waals surface area contributed by atoms with Crippen molar-refractivity contribution in [2.75, 3.05) is 12.3 Å². The van der Waals surface area contributed by atoms with Crippen molar-refractivity contribution in [3.63, 3.8) is 0 Å². The van der Waals surface area contributed by atoms with Gasteiger partial charge in [0.15, 0.2) is 0 Å². The molecule has 0 N–H and O–H groups in total. The number of unbranched alkanes of at least 4 members (excludes halogenated alkanes) is 1. The van der Waals surface area contributed by atoms with Crippen LogP contribution in [0.2, 0.25) is 0 Å². The lowest BCUT2D eigenvalue weighted by Crippen LogP contribution is -2.44. The maximum Gasteiger partial charge on any atom is 0.214 e. The Bertz CT molecular complexity index is 274. The Labute approximate surface area is 93.9 Å². The van der Waals surface area contributed by atoms with Gasteiger partial charge in [-0.1, -0.05) is 26.7 Å². The second kappa shape index (κ2) is 5.85. The van der Waals surface area contributed by atoms with Crippen molar-refractivity contribution in [2.24, 2.45) is 0 Å². The topological polar surface area (TPSA) is 37.4 Å². The average molecular weight is 233 g/mol. The van der Waals surface area contributed by atoms with E-state index in [0.29, 0.717) is 5.75 Å². The highest BCUT2D eigenvalue weighted by Gasteiger charge is 2.30. The van der Waals surface area contributed by atoms with Crippen molar-refractivity contribution < 1.29 is 8.42 Å². The predicted molar refractivity (Wildman–Crippen MR) is 63.3 cm³/mol. The molecule has 3 nitrogen and oxygen atoms in total. The van der Waals surface area contributed by atoms with Crippen LogP contribution in [0.15, 0.2) is 0 Å². The second-order valence-corrected chi connectivity index (χ2v) is 6.38. The molecule has 0 aromatic carbocycles. The van der Waals surface area contributed by atoms with E-state index in [0.717, 1.165) is 38.6 Å². The fourth-order valence-corrected chi connectivity index (χ4v) is 4.20. The van der Waals surface area contributed by atoms with E-state index in [4.69, 9.17) is 0 Å². The van der Waals surface area contributed by atoms with Crippen molar-refractivity contribution in [3.05, 3.63) is 0 Å². The Kier molecular flexibility index (Phi) is 5.06. The Morgan fingerprint density at radius 3 is 2.60 bits per heavy atom. The number of rotatable bonds is 5. The van der Waals surface area contributed by atoms with Gasteiger partial charge in [-0.25, -0.2) is 8.42 Å². The maximum absolute atomic E-state index is 12.0. The smallest absolute Gasteiger partial charge is 0.212 e. The van der Waals surface area contributed by atoms with E-state index >= 15 is 0 Å². The van der Waals surface area contributed by atoms with Gasteiger partial charge < -0.3 is 0 Å². The van der Waals surface area contributed by atoms with Crippen molar-refractivity contribution in [1.82, 2.24) is 4.31 Å². The molecule has 0 radical (unpaired) electrons. The summed E-state index contributed by atoms with van der Waals surface area (Å²) in [7, 11) is -2.97. The quantitative estimate of drug-likeness (QED) is 0.731. The molecule has 0 aromatic heterocycles. The molecule has 15 heavy (non-hydrogen) atoms. The molecular formula is C11H23NO2S. The first kappa shape index (κ1) is 13.0. The van der Waals surface area contributed by atoms with Crippen LogP contribution in [0.1, 0.15) is 52.4 Å². The monoisotopic (exact) mass is 233 g/mol. The summed E-state index contributed by atoms with van der Waals surface area (Å²) in [4.78, 5) is 0. The van der Waals surface area contributed by atoms with Gasteiger partial charge >= 0.3 is 0 Å². The van der Waals surface area contributed by atoms with Gasteiger partial charge in [0.25, 0.3) is 0 Å². The zero-order valence-electron chi connectivity index (χ0n) is 9.91. The SMILES string of the molecule is CCCCS(=O)(=O)N1CCCCC1CC. The minimum Gasteiger partial charge on any atom is -0.212 e. The van der Waals surface area contributed by atoms with Crippen LogP contribution in [0.5, 0.6) is 0 Å². The van der Waals surface area contributed by atoms with Gasteiger partial charge in [-0.3, -0.25) is 0 Å². The summed E-state index contributed by atoms with van der Waals surface area (Å²) >= 11 is 0. The maximum atomic E-state index is 12.0. The van der Waals surface area contributed by atoms with Crippen molar-refractivity contribution in [3.8, 4) is 0 Å². The van der Waals surface area contributed by atoms with Crippen LogP contribution in [-0.2, 0) is 10.0 Å². The predicted octanol–water partition coefficient (Wildman–Crippen LogP) is 2.38. The van der Waals surface area contributed by atoms with Crippen molar-refractivity contribution in [2.45, 2.75) is 58.4 Å². The highest BCUT2D eigenvalue weighted by atomic mass is 32.2. The van der Waals surface area contributed by atoms with E-state index in [9.17, 15) is 8.42 Å². The van der Waals surface area contributed by atoms with E-state index in [2.05, 4.69) is 6.92 Å². The molecule has 1 rings (SSSR count). The molecule has 0 saturated carbocycles. The van der Waals surface area contributed by atoms with Gasteiger partial charge in [-0.2, -0.15) is 4.31 Å². The van der Waals surface area contributed by atoms with Crippen molar-refractivity contribution >= 4 is 10.0 Å². The third-order valence-corrected chi connectivity index (χ3v) is 5.16. The van der Waals surface area contributed by atoms with E-state index in [1.165, 1.54) is 6.42 Å². The second-order valence-electron chi connectivity index (χ2n) is 4.34. The zero-order chi connectivity index (χ0) is 11.3. The number of sulfonamides is 1. The van der Waals surface area contributed by atoms with Crippen LogP contribution in [-0.4, -0.2) is 31.1 Å². The summed E-state index contributed by atoms with van der Waals surface area (Å²) in [5.74, 6) is 0.333. The Morgan fingerprint density at radius 2 is 2.00 bits per heavy atom. The summed E-state index contributed by atoms with van der Waals surface area (Å²) in [6, 6.07) is 0.264. The van der Waals surface area contributed by atoms with Gasteiger partial charge in [0, 0.05) is 12.6 Å². The summed E-state index contributed by atoms with van der Waals surface area (Å²) in [5, 5.41) is 0. The molecule has 0 aliphatic carbocycles. The molecule has 90 valence electrons. The van der Waals surface area contributed by atoms with Gasteiger partial charge in [-0.15, -0.1) is 0 Å². The molecule has 0 spiro atoms. The van der Waals surface area contributed by atoms with E-state index in [1.54, 1.807) is 4.31 Å². The van der Waals surface area contributed by atoms with Crippen LogP contribution < -0.4 is 0 Å². The Balaban J connectivity index is 2.65. The van der Waals surface area contributed by atoms with Crippen LogP contribution in [0.4, 0.5) is 0 Å². The van der Waals surface area contributed by atoms with Crippen LogP contribution in [0, 0.1) is 0 Å². The molecule has 0 aromatic rings. The van der Waals surface area contributed by atoms with Gasteiger partial charge in [-0.05, 0) is 25.7 Å². The van der Waals surface area contributed by atoms with Gasteiger partial charge in [0.05, 0.1) is 5.75 Å². The summed E-state index contributed by atoms with van der Waals surface area (Å²) < 4.78 is 25.8. The fourth-order valence-electron chi connectivity index (χ4n) is 2.19. The summed E-state index contributed by atoms with van der Waals surface area (Å²) in [6.07, 6.45) is 5.94. The highest BCUT2D eigenvalue weighted by molar-refractivity contribution is 7.89.